The molecule has 23 heavy (non-hydrogen) atoms. The van der Waals surface area contributed by atoms with Crippen molar-refractivity contribution in [1.82, 2.24) is 10.4 Å². The number of aromatic nitrogens is 1. The summed E-state index contributed by atoms with van der Waals surface area (Å²) in [7, 11) is 0. The van der Waals surface area contributed by atoms with Crippen LogP contribution in [0.4, 0.5) is 5.69 Å². The van der Waals surface area contributed by atoms with E-state index in [0.29, 0.717) is 12.1 Å². The molecule has 0 fully saturated rings. The number of thiazole rings is 1. The van der Waals surface area contributed by atoms with Gasteiger partial charge >= 0.3 is 0 Å². The lowest BCUT2D eigenvalue weighted by Gasteiger charge is -2.04. The van der Waals surface area contributed by atoms with Gasteiger partial charge in [-0.2, -0.15) is 5.10 Å². The van der Waals surface area contributed by atoms with Crippen LogP contribution in [0, 0.1) is 6.92 Å². The van der Waals surface area contributed by atoms with Crippen LogP contribution in [-0.4, -0.2) is 22.5 Å². The molecule has 1 aromatic heterocycles. The highest BCUT2D eigenvalue weighted by Gasteiger charge is 2.17. The van der Waals surface area contributed by atoms with Gasteiger partial charge in [-0.3, -0.25) is 9.59 Å². The zero-order valence-electron chi connectivity index (χ0n) is 12.8. The summed E-state index contributed by atoms with van der Waals surface area (Å²) in [6, 6.07) is 5.65. The lowest BCUT2D eigenvalue weighted by Crippen LogP contribution is -2.21. The van der Waals surface area contributed by atoms with Gasteiger partial charge in [0.1, 0.15) is 5.01 Å². The van der Waals surface area contributed by atoms with Crippen molar-refractivity contribution < 1.29 is 9.59 Å². The van der Waals surface area contributed by atoms with Crippen molar-refractivity contribution >= 4 is 34.6 Å². The molecular formula is C16H16N4O2S. The van der Waals surface area contributed by atoms with Gasteiger partial charge in [-0.05, 0) is 37.1 Å². The van der Waals surface area contributed by atoms with E-state index in [-0.39, 0.29) is 18.2 Å². The van der Waals surface area contributed by atoms with Crippen LogP contribution in [0.5, 0.6) is 0 Å². The van der Waals surface area contributed by atoms with Gasteiger partial charge in [0.15, 0.2) is 0 Å². The topological polar surface area (TPSA) is 83.5 Å². The fraction of sp³-hybridized carbons (Fsp3) is 0.250. The molecule has 2 heterocycles. The van der Waals surface area contributed by atoms with E-state index in [0.717, 1.165) is 27.5 Å². The molecular weight excluding hydrogens is 312 g/mol. The number of anilines is 1. The molecule has 7 heteroatoms. The summed E-state index contributed by atoms with van der Waals surface area (Å²) in [5.74, 6) is -0.199. The third-order valence-corrected chi connectivity index (χ3v) is 4.44. The summed E-state index contributed by atoms with van der Waals surface area (Å²) >= 11 is 1.46. The van der Waals surface area contributed by atoms with Crippen molar-refractivity contribution in [3.05, 3.63) is 45.4 Å². The molecule has 0 atom stereocenters. The first-order chi connectivity index (χ1) is 11.0. The molecule has 1 aliphatic heterocycles. The van der Waals surface area contributed by atoms with Gasteiger partial charge in [-0.1, -0.05) is 6.07 Å². The van der Waals surface area contributed by atoms with Gasteiger partial charge in [-0.15, -0.1) is 11.3 Å². The summed E-state index contributed by atoms with van der Waals surface area (Å²) < 4.78 is 0. The number of hydrazone groups is 1. The van der Waals surface area contributed by atoms with Crippen molar-refractivity contribution in [1.29, 1.82) is 0 Å². The third-order valence-electron chi connectivity index (χ3n) is 3.47. The number of benzene rings is 1. The van der Waals surface area contributed by atoms with Crippen LogP contribution in [0.1, 0.15) is 28.8 Å². The fourth-order valence-corrected chi connectivity index (χ4v) is 3.10. The number of rotatable bonds is 4. The largest absolute Gasteiger partial charge is 0.326 e. The average molecular weight is 328 g/mol. The standard InChI is InChI=1S/C16H16N4O2S/c1-9-8-23-16(17-9)7-15(22)20-19-10(2)11-3-4-13-12(5-11)6-14(21)18-13/h3-5,8H,6-7H2,1-2H3,(H,18,21)(H,20,22). The number of carbonyl (C=O) groups excluding carboxylic acids is 2. The first-order valence-corrected chi connectivity index (χ1v) is 8.06. The molecule has 1 aromatic carbocycles. The van der Waals surface area contributed by atoms with E-state index >= 15 is 0 Å². The van der Waals surface area contributed by atoms with E-state index in [9.17, 15) is 9.59 Å². The second-order valence-corrected chi connectivity index (χ2v) is 6.33. The third kappa shape index (κ3) is 3.62. The maximum atomic E-state index is 11.9. The minimum atomic E-state index is -0.197. The molecule has 2 amide bonds. The van der Waals surface area contributed by atoms with E-state index in [2.05, 4.69) is 20.8 Å². The molecule has 3 rings (SSSR count). The lowest BCUT2D eigenvalue weighted by molar-refractivity contribution is -0.120. The number of aryl methyl sites for hydroxylation is 1. The quantitative estimate of drug-likeness (QED) is 0.665. The Bertz CT molecular complexity index is 810. The second-order valence-electron chi connectivity index (χ2n) is 5.39. The molecule has 2 N–H and O–H groups in total. The van der Waals surface area contributed by atoms with E-state index in [4.69, 9.17) is 0 Å². The van der Waals surface area contributed by atoms with Crippen LogP contribution >= 0.6 is 11.3 Å². The summed E-state index contributed by atoms with van der Waals surface area (Å²) in [6.45, 7) is 3.72. The number of amides is 2. The van der Waals surface area contributed by atoms with E-state index in [1.807, 2.05) is 37.4 Å². The summed E-state index contributed by atoms with van der Waals surface area (Å²) in [5, 5.41) is 9.61. The first-order valence-electron chi connectivity index (χ1n) is 7.18. The lowest BCUT2D eigenvalue weighted by atomic mass is 10.1. The molecule has 0 saturated carbocycles. The van der Waals surface area contributed by atoms with Gasteiger partial charge < -0.3 is 5.32 Å². The Morgan fingerprint density at radius 2 is 2.30 bits per heavy atom. The van der Waals surface area contributed by atoms with Crippen molar-refractivity contribution in [2.75, 3.05) is 5.32 Å². The minimum Gasteiger partial charge on any atom is -0.326 e. The molecule has 118 valence electrons. The molecule has 6 nitrogen and oxygen atoms in total. The predicted molar refractivity (Wildman–Crippen MR) is 89.7 cm³/mol. The maximum Gasteiger partial charge on any atom is 0.246 e. The van der Waals surface area contributed by atoms with E-state index < -0.39 is 0 Å². The first kappa shape index (κ1) is 15.4. The molecule has 1 aliphatic rings. The zero-order chi connectivity index (χ0) is 16.4. The molecule has 2 aromatic rings. The van der Waals surface area contributed by atoms with Crippen LogP contribution in [0.3, 0.4) is 0 Å². The van der Waals surface area contributed by atoms with Crippen molar-refractivity contribution in [3.8, 4) is 0 Å². The highest BCUT2D eigenvalue weighted by atomic mass is 32.1. The number of hydrogen-bond donors (Lipinski definition) is 2. The number of carbonyl (C=O) groups is 2. The molecule has 0 spiro atoms. The van der Waals surface area contributed by atoms with Crippen LogP contribution in [0.15, 0.2) is 28.7 Å². The Balaban J connectivity index is 1.64. The number of nitrogens with one attached hydrogen (secondary N) is 2. The van der Waals surface area contributed by atoms with Gasteiger partial charge in [0, 0.05) is 16.8 Å². The van der Waals surface area contributed by atoms with E-state index in [1.54, 1.807) is 0 Å². The Kier molecular flexibility index (Phi) is 4.20. The Hall–Kier alpha value is -2.54. The summed E-state index contributed by atoms with van der Waals surface area (Å²) in [4.78, 5) is 27.5. The van der Waals surface area contributed by atoms with Gasteiger partial charge in [-0.25, -0.2) is 10.4 Å². The van der Waals surface area contributed by atoms with Crippen LogP contribution in [-0.2, 0) is 22.4 Å². The molecule has 0 radical (unpaired) electrons. The number of hydrogen-bond acceptors (Lipinski definition) is 5. The highest BCUT2D eigenvalue weighted by Crippen LogP contribution is 2.24. The van der Waals surface area contributed by atoms with Crippen LogP contribution in [0.2, 0.25) is 0 Å². The molecule has 0 unspecified atom stereocenters. The second kappa shape index (κ2) is 6.29. The average Bonchev–Trinajstić information content (AvgIpc) is 3.08. The van der Waals surface area contributed by atoms with Crippen molar-refractivity contribution in [2.45, 2.75) is 26.7 Å². The van der Waals surface area contributed by atoms with Gasteiger partial charge in [0.25, 0.3) is 0 Å². The minimum absolute atomic E-state index is 0.00112. The smallest absolute Gasteiger partial charge is 0.246 e. The molecule has 0 saturated heterocycles. The van der Waals surface area contributed by atoms with Crippen LogP contribution < -0.4 is 10.7 Å². The number of fused-ring (bicyclic) bond motifs is 1. The number of nitrogens with zero attached hydrogens (tertiary/aromatic N) is 2. The monoisotopic (exact) mass is 328 g/mol. The zero-order valence-corrected chi connectivity index (χ0v) is 13.7. The van der Waals surface area contributed by atoms with Gasteiger partial charge in [0.05, 0.1) is 18.6 Å². The maximum absolute atomic E-state index is 11.9. The van der Waals surface area contributed by atoms with Crippen LogP contribution in [0.25, 0.3) is 0 Å². The summed E-state index contributed by atoms with van der Waals surface area (Å²) in [6.07, 6.45) is 0.601. The highest BCUT2D eigenvalue weighted by molar-refractivity contribution is 7.09. The Labute approximate surface area is 137 Å². The Morgan fingerprint density at radius 3 is 3.04 bits per heavy atom. The predicted octanol–water partition coefficient (Wildman–Crippen LogP) is 2.03. The summed E-state index contributed by atoms with van der Waals surface area (Å²) in [5.41, 5.74) is 6.83. The normalized spacial score (nSPS) is 13.7. The van der Waals surface area contributed by atoms with Crippen molar-refractivity contribution in [2.24, 2.45) is 5.10 Å². The molecule has 0 aliphatic carbocycles. The SMILES string of the molecule is CC(=NNC(=O)Cc1nc(C)cs1)c1ccc2c(c1)CC(=O)N2. The van der Waals surface area contributed by atoms with E-state index in [1.165, 1.54) is 11.3 Å². The van der Waals surface area contributed by atoms with Gasteiger partial charge in [0.2, 0.25) is 11.8 Å². The fourth-order valence-electron chi connectivity index (χ4n) is 2.33. The molecule has 0 bridgehead atoms. The van der Waals surface area contributed by atoms with Crippen molar-refractivity contribution in [3.63, 3.8) is 0 Å². The Morgan fingerprint density at radius 1 is 1.48 bits per heavy atom.